The number of aliphatic hydroxyl groups excluding tert-OH is 2. The maximum absolute atomic E-state index is 9.84. The fourth-order valence-corrected chi connectivity index (χ4v) is 1.38. The Hall–Kier alpha value is -1.48. The Bertz CT molecular complexity index is 376. The summed E-state index contributed by atoms with van der Waals surface area (Å²) in [6.07, 6.45) is -0.151. The fraction of sp³-hybridized carbons (Fsp3) is 0.455. The summed E-state index contributed by atoms with van der Waals surface area (Å²) in [5, 5.41) is 31.2. The van der Waals surface area contributed by atoms with Gasteiger partial charge in [-0.1, -0.05) is 0 Å². The third kappa shape index (κ3) is 3.00. The van der Waals surface area contributed by atoms with Gasteiger partial charge >= 0.3 is 0 Å². The SMILES string of the molecule is CNCCC(O)C(O)c1ncccc1C#N. The van der Waals surface area contributed by atoms with E-state index >= 15 is 0 Å². The minimum atomic E-state index is -1.12. The van der Waals surface area contributed by atoms with Crippen LogP contribution in [0.15, 0.2) is 18.3 Å². The van der Waals surface area contributed by atoms with Crippen molar-refractivity contribution in [3.8, 4) is 6.07 Å². The van der Waals surface area contributed by atoms with Crippen LogP contribution in [0.5, 0.6) is 0 Å². The number of aromatic nitrogens is 1. The second-order valence-corrected chi connectivity index (χ2v) is 3.45. The predicted molar refractivity (Wildman–Crippen MR) is 58.5 cm³/mol. The molecule has 5 heteroatoms. The van der Waals surface area contributed by atoms with Gasteiger partial charge in [0.1, 0.15) is 12.2 Å². The Balaban J connectivity index is 2.79. The van der Waals surface area contributed by atoms with Crippen LogP contribution >= 0.6 is 0 Å². The summed E-state index contributed by atoms with van der Waals surface area (Å²) in [5.74, 6) is 0. The Morgan fingerprint density at radius 1 is 1.56 bits per heavy atom. The quantitative estimate of drug-likeness (QED) is 0.649. The van der Waals surface area contributed by atoms with E-state index in [2.05, 4.69) is 10.3 Å². The number of nitrogens with one attached hydrogen (secondary N) is 1. The molecule has 0 aromatic carbocycles. The Morgan fingerprint density at radius 2 is 2.31 bits per heavy atom. The zero-order chi connectivity index (χ0) is 12.0. The van der Waals surface area contributed by atoms with Gasteiger partial charge in [-0.25, -0.2) is 0 Å². The van der Waals surface area contributed by atoms with E-state index in [0.29, 0.717) is 18.5 Å². The number of nitriles is 1. The average Bonchev–Trinajstić information content (AvgIpc) is 2.34. The van der Waals surface area contributed by atoms with Gasteiger partial charge in [0.2, 0.25) is 0 Å². The van der Waals surface area contributed by atoms with Gasteiger partial charge in [-0.3, -0.25) is 4.98 Å². The second kappa shape index (κ2) is 6.18. The molecule has 0 fully saturated rings. The van der Waals surface area contributed by atoms with E-state index in [1.165, 1.54) is 6.20 Å². The van der Waals surface area contributed by atoms with Gasteiger partial charge in [-0.2, -0.15) is 5.26 Å². The Morgan fingerprint density at radius 3 is 2.94 bits per heavy atom. The van der Waals surface area contributed by atoms with Crippen molar-refractivity contribution in [1.29, 1.82) is 5.26 Å². The molecule has 2 atom stereocenters. The summed E-state index contributed by atoms with van der Waals surface area (Å²) < 4.78 is 0. The molecule has 1 rings (SSSR count). The van der Waals surface area contributed by atoms with Crippen molar-refractivity contribution >= 4 is 0 Å². The van der Waals surface area contributed by atoms with E-state index < -0.39 is 12.2 Å². The lowest BCUT2D eigenvalue weighted by molar-refractivity contribution is 0.0113. The smallest absolute Gasteiger partial charge is 0.123 e. The molecule has 2 unspecified atom stereocenters. The van der Waals surface area contributed by atoms with E-state index in [4.69, 9.17) is 5.26 Å². The van der Waals surface area contributed by atoms with Gasteiger partial charge in [0, 0.05) is 6.20 Å². The number of hydrogen-bond acceptors (Lipinski definition) is 5. The van der Waals surface area contributed by atoms with E-state index in [1.54, 1.807) is 19.2 Å². The fourth-order valence-electron chi connectivity index (χ4n) is 1.38. The van der Waals surface area contributed by atoms with Crippen molar-refractivity contribution in [2.75, 3.05) is 13.6 Å². The van der Waals surface area contributed by atoms with Crippen molar-refractivity contribution < 1.29 is 10.2 Å². The molecular weight excluding hydrogens is 206 g/mol. The molecule has 0 radical (unpaired) electrons. The van der Waals surface area contributed by atoms with Gasteiger partial charge in [-0.05, 0) is 32.1 Å². The first-order chi connectivity index (χ1) is 7.70. The van der Waals surface area contributed by atoms with Gasteiger partial charge < -0.3 is 15.5 Å². The van der Waals surface area contributed by atoms with Crippen LogP contribution in [-0.4, -0.2) is 34.9 Å². The summed E-state index contributed by atoms with van der Waals surface area (Å²) in [5.41, 5.74) is 0.520. The molecule has 86 valence electrons. The van der Waals surface area contributed by atoms with Gasteiger partial charge in [0.25, 0.3) is 0 Å². The van der Waals surface area contributed by atoms with E-state index in [1.807, 2.05) is 6.07 Å². The minimum Gasteiger partial charge on any atom is -0.390 e. The van der Waals surface area contributed by atoms with Crippen molar-refractivity contribution in [2.24, 2.45) is 0 Å². The molecule has 0 spiro atoms. The predicted octanol–water partition coefficient (Wildman–Crippen LogP) is -0.0429. The van der Waals surface area contributed by atoms with Crippen molar-refractivity contribution in [1.82, 2.24) is 10.3 Å². The molecule has 0 saturated carbocycles. The molecule has 1 aromatic heterocycles. The maximum Gasteiger partial charge on any atom is 0.123 e. The molecule has 1 aromatic rings. The first kappa shape index (κ1) is 12.6. The standard InChI is InChI=1S/C11H15N3O2/c1-13-6-4-9(15)11(16)10-8(7-12)3-2-5-14-10/h2-3,5,9,11,13,15-16H,4,6H2,1H3. The summed E-state index contributed by atoms with van der Waals surface area (Å²) in [4.78, 5) is 3.93. The normalized spacial score (nSPS) is 14.1. The zero-order valence-electron chi connectivity index (χ0n) is 9.09. The van der Waals surface area contributed by atoms with Crippen LogP contribution in [0, 0.1) is 11.3 Å². The van der Waals surface area contributed by atoms with Crippen LogP contribution < -0.4 is 5.32 Å². The van der Waals surface area contributed by atoms with Crippen molar-refractivity contribution in [3.63, 3.8) is 0 Å². The number of nitrogens with zero attached hydrogens (tertiary/aromatic N) is 2. The Kier molecular flexibility index (Phi) is 4.86. The number of pyridine rings is 1. The average molecular weight is 221 g/mol. The minimum absolute atomic E-state index is 0.230. The van der Waals surface area contributed by atoms with E-state index in [9.17, 15) is 10.2 Å². The van der Waals surface area contributed by atoms with Crippen LogP contribution in [0.3, 0.4) is 0 Å². The van der Waals surface area contributed by atoms with Crippen molar-refractivity contribution in [3.05, 3.63) is 29.6 Å². The summed E-state index contributed by atoms with van der Waals surface area (Å²) in [6.45, 7) is 0.590. The molecule has 0 aliphatic heterocycles. The van der Waals surface area contributed by atoms with Gasteiger partial charge in [0.15, 0.2) is 0 Å². The molecular formula is C11H15N3O2. The zero-order valence-corrected chi connectivity index (χ0v) is 9.09. The monoisotopic (exact) mass is 221 g/mol. The lowest BCUT2D eigenvalue weighted by Crippen LogP contribution is -2.24. The highest BCUT2D eigenvalue weighted by atomic mass is 16.3. The topological polar surface area (TPSA) is 89.2 Å². The summed E-state index contributed by atoms with van der Waals surface area (Å²) in [7, 11) is 1.76. The van der Waals surface area contributed by atoms with E-state index in [-0.39, 0.29) is 5.69 Å². The summed E-state index contributed by atoms with van der Waals surface area (Å²) >= 11 is 0. The van der Waals surface area contributed by atoms with Crippen LogP contribution in [-0.2, 0) is 0 Å². The van der Waals surface area contributed by atoms with Crippen molar-refractivity contribution in [2.45, 2.75) is 18.6 Å². The number of aliphatic hydroxyl groups is 2. The highest BCUT2D eigenvalue weighted by Gasteiger charge is 2.21. The Labute approximate surface area is 94.4 Å². The lowest BCUT2D eigenvalue weighted by atomic mass is 10.0. The van der Waals surface area contributed by atoms with Crippen LogP contribution in [0.4, 0.5) is 0 Å². The molecule has 1 heterocycles. The molecule has 5 nitrogen and oxygen atoms in total. The molecule has 3 N–H and O–H groups in total. The molecule has 0 aliphatic carbocycles. The third-order valence-corrected chi connectivity index (χ3v) is 2.29. The third-order valence-electron chi connectivity index (χ3n) is 2.29. The highest BCUT2D eigenvalue weighted by molar-refractivity contribution is 5.34. The first-order valence-corrected chi connectivity index (χ1v) is 5.06. The molecule has 0 aliphatic rings. The van der Waals surface area contributed by atoms with E-state index in [0.717, 1.165) is 0 Å². The summed E-state index contributed by atoms with van der Waals surface area (Å²) in [6, 6.07) is 5.12. The molecule has 16 heavy (non-hydrogen) atoms. The molecule has 0 saturated heterocycles. The maximum atomic E-state index is 9.84. The van der Waals surface area contributed by atoms with Gasteiger partial charge in [0.05, 0.1) is 17.4 Å². The molecule has 0 amide bonds. The van der Waals surface area contributed by atoms with Gasteiger partial charge in [-0.15, -0.1) is 0 Å². The number of rotatable bonds is 5. The van der Waals surface area contributed by atoms with Crippen LogP contribution in [0.1, 0.15) is 23.8 Å². The van der Waals surface area contributed by atoms with Crippen LogP contribution in [0.25, 0.3) is 0 Å². The highest BCUT2D eigenvalue weighted by Crippen LogP contribution is 2.19. The number of hydrogen-bond donors (Lipinski definition) is 3. The molecule has 0 bridgehead atoms. The second-order valence-electron chi connectivity index (χ2n) is 3.45. The largest absolute Gasteiger partial charge is 0.390 e. The lowest BCUT2D eigenvalue weighted by Gasteiger charge is -2.17. The van der Waals surface area contributed by atoms with Crippen LogP contribution in [0.2, 0.25) is 0 Å². The first-order valence-electron chi connectivity index (χ1n) is 5.06.